The molecule has 0 atom stereocenters. The Balaban J connectivity index is 2.44. The molecule has 2 N–H and O–H groups in total. The number of hydrogen-bond donors (Lipinski definition) is 1. The van der Waals surface area contributed by atoms with Gasteiger partial charge in [-0.05, 0) is 19.1 Å². The highest BCUT2D eigenvalue weighted by Gasteiger charge is 2.18. The molecule has 0 saturated carbocycles. The molecule has 0 radical (unpaired) electrons. The number of carbonyl (C=O) groups excluding carboxylic acids is 1. The lowest BCUT2D eigenvalue weighted by Crippen LogP contribution is -2.09. The predicted molar refractivity (Wildman–Crippen MR) is 78.2 cm³/mol. The van der Waals surface area contributed by atoms with E-state index >= 15 is 0 Å². The minimum atomic E-state index is -0.536. The number of nitrogens with two attached hydrogens (primary N) is 1. The second-order valence-electron chi connectivity index (χ2n) is 3.92. The van der Waals surface area contributed by atoms with Crippen LogP contribution in [0.4, 0.5) is 5.82 Å². The van der Waals surface area contributed by atoms with Crippen molar-refractivity contribution in [2.45, 2.75) is 6.92 Å². The highest BCUT2D eigenvalue weighted by Crippen LogP contribution is 2.26. The van der Waals surface area contributed by atoms with Crippen LogP contribution in [0.2, 0.25) is 0 Å². The lowest BCUT2D eigenvalue weighted by Gasteiger charge is -2.08. The molecule has 20 heavy (non-hydrogen) atoms. The number of aromatic nitrogens is 2. The fraction of sp³-hybridized carbons (Fsp3) is 0.231. The number of anilines is 1. The number of nitrogen functional groups attached to an aromatic ring is 1. The molecule has 6 nitrogen and oxygen atoms in total. The van der Waals surface area contributed by atoms with Gasteiger partial charge in [0.15, 0.2) is 5.69 Å². The maximum atomic E-state index is 11.7. The van der Waals surface area contributed by atoms with Crippen LogP contribution < -0.4 is 10.5 Å². The Morgan fingerprint density at radius 2 is 2.20 bits per heavy atom. The SMILES string of the molecule is CCOC(=O)c1ncn(-c2cc(Br)cc(OC)c2)c1N. The van der Waals surface area contributed by atoms with Crippen molar-refractivity contribution in [3.05, 3.63) is 34.7 Å². The summed E-state index contributed by atoms with van der Waals surface area (Å²) in [5.74, 6) is 0.356. The van der Waals surface area contributed by atoms with Crippen LogP contribution in [0.5, 0.6) is 5.75 Å². The molecule has 0 aliphatic rings. The molecule has 2 aromatic rings. The average molecular weight is 340 g/mol. The molecule has 0 unspecified atom stereocenters. The quantitative estimate of drug-likeness (QED) is 0.865. The third-order valence-electron chi connectivity index (χ3n) is 2.64. The Morgan fingerprint density at radius 3 is 2.85 bits per heavy atom. The van der Waals surface area contributed by atoms with Crippen LogP contribution in [-0.2, 0) is 4.74 Å². The number of ether oxygens (including phenoxy) is 2. The summed E-state index contributed by atoms with van der Waals surface area (Å²) in [7, 11) is 1.58. The standard InChI is InChI=1S/C13H14BrN3O3/c1-3-20-13(18)11-12(15)17(7-16-11)9-4-8(14)5-10(6-9)19-2/h4-7H,3,15H2,1-2H3. The van der Waals surface area contributed by atoms with Gasteiger partial charge in [0.05, 0.1) is 19.4 Å². The van der Waals surface area contributed by atoms with Crippen molar-refractivity contribution >= 4 is 27.7 Å². The van der Waals surface area contributed by atoms with Gasteiger partial charge in [0.25, 0.3) is 0 Å². The second-order valence-corrected chi connectivity index (χ2v) is 4.83. The summed E-state index contributed by atoms with van der Waals surface area (Å²) in [5, 5.41) is 0. The van der Waals surface area contributed by atoms with Gasteiger partial charge in [-0.3, -0.25) is 4.57 Å². The number of methoxy groups -OCH3 is 1. The number of benzene rings is 1. The molecule has 1 aromatic carbocycles. The zero-order valence-corrected chi connectivity index (χ0v) is 12.7. The van der Waals surface area contributed by atoms with Crippen molar-refractivity contribution in [3.63, 3.8) is 0 Å². The minimum Gasteiger partial charge on any atom is -0.497 e. The Hall–Kier alpha value is -2.02. The Morgan fingerprint density at radius 1 is 1.45 bits per heavy atom. The van der Waals surface area contributed by atoms with Gasteiger partial charge >= 0.3 is 5.97 Å². The highest BCUT2D eigenvalue weighted by molar-refractivity contribution is 9.10. The lowest BCUT2D eigenvalue weighted by atomic mass is 10.3. The molecule has 0 spiro atoms. The minimum absolute atomic E-state index is 0.103. The van der Waals surface area contributed by atoms with E-state index in [9.17, 15) is 4.79 Å². The van der Waals surface area contributed by atoms with E-state index in [0.717, 1.165) is 10.2 Å². The molecule has 0 aliphatic heterocycles. The van der Waals surface area contributed by atoms with Crippen LogP contribution >= 0.6 is 15.9 Å². The van der Waals surface area contributed by atoms with E-state index in [-0.39, 0.29) is 18.1 Å². The lowest BCUT2D eigenvalue weighted by molar-refractivity contribution is 0.0521. The summed E-state index contributed by atoms with van der Waals surface area (Å²) in [5.41, 5.74) is 6.79. The zero-order chi connectivity index (χ0) is 14.7. The van der Waals surface area contributed by atoms with Crippen molar-refractivity contribution < 1.29 is 14.3 Å². The van der Waals surface area contributed by atoms with E-state index in [1.54, 1.807) is 24.7 Å². The predicted octanol–water partition coefficient (Wildman–Crippen LogP) is 2.40. The number of halogens is 1. The van der Waals surface area contributed by atoms with Crippen LogP contribution in [0.3, 0.4) is 0 Å². The number of esters is 1. The topological polar surface area (TPSA) is 79.4 Å². The maximum Gasteiger partial charge on any atom is 0.360 e. The van der Waals surface area contributed by atoms with Gasteiger partial charge < -0.3 is 15.2 Å². The summed E-state index contributed by atoms with van der Waals surface area (Å²) >= 11 is 3.39. The van der Waals surface area contributed by atoms with Crippen LogP contribution in [0.15, 0.2) is 29.0 Å². The van der Waals surface area contributed by atoms with Crippen molar-refractivity contribution in [3.8, 4) is 11.4 Å². The number of hydrogen-bond acceptors (Lipinski definition) is 5. The number of carbonyl (C=O) groups is 1. The Kier molecular flexibility index (Phi) is 4.29. The molecule has 1 heterocycles. The van der Waals surface area contributed by atoms with Gasteiger partial charge in [-0.15, -0.1) is 0 Å². The highest BCUT2D eigenvalue weighted by atomic mass is 79.9. The molecular weight excluding hydrogens is 326 g/mol. The second kappa shape index (κ2) is 5.96. The van der Waals surface area contributed by atoms with E-state index < -0.39 is 5.97 Å². The van der Waals surface area contributed by atoms with Gasteiger partial charge in [-0.2, -0.15) is 0 Å². The maximum absolute atomic E-state index is 11.7. The van der Waals surface area contributed by atoms with Crippen molar-refractivity contribution in [1.82, 2.24) is 9.55 Å². The summed E-state index contributed by atoms with van der Waals surface area (Å²) in [6.07, 6.45) is 1.48. The summed E-state index contributed by atoms with van der Waals surface area (Å²) in [6.45, 7) is 2.00. The fourth-order valence-corrected chi connectivity index (χ4v) is 2.19. The fourth-order valence-electron chi connectivity index (χ4n) is 1.73. The van der Waals surface area contributed by atoms with Crippen molar-refractivity contribution in [2.24, 2.45) is 0 Å². The molecule has 0 saturated heterocycles. The zero-order valence-electron chi connectivity index (χ0n) is 11.1. The smallest absolute Gasteiger partial charge is 0.360 e. The molecule has 0 aliphatic carbocycles. The monoisotopic (exact) mass is 339 g/mol. The molecule has 0 amide bonds. The first-order chi connectivity index (χ1) is 9.56. The van der Waals surface area contributed by atoms with E-state index in [1.807, 2.05) is 12.1 Å². The third-order valence-corrected chi connectivity index (χ3v) is 3.10. The first kappa shape index (κ1) is 14.4. The van der Waals surface area contributed by atoms with Gasteiger partial charge in [-0.25, -0.2) is 9.78 Å². The summed E-state index contributed by atoms with van der Waals surface area (Å²) in [4.78, 5) is 15.7. The number of nitrogens with zero attached hydrogens (tertiary/aromatic N) is 2. The van der Waals surface area contributed by atoms with E-state index in [0.29, 0.717) is 5.75 Å². The van der Waals surface area contributed by atoms with Crippen LogP contribution in [0.1, 0.15) is 17.4 Å². The molecule has 0 fully saturated rings. The Labute approximate surface area is 124 Å². The molecule has 0 bridgehead atoms. The summed E-state index contributed by atoms with van der Waals surface area (Å²) in [6, 6.07) is 5.45. The molecule has 2 rings (SSSR count). The van der Waals surface area contributed by atoms with Crippen molar-refractivity contribution in [1.29, 1.82) is 0 Å². The Bertz CT molecular complexity index is 640. The van der Waals surface area contributed by atoms with Gasteiger partial charge in [-0.1, -0.05) is 15.9 Å². The van der Waals surface area contributed by atoms with Crippen molar-refractivity contribution in [2.75, 3.05) is 19.5 Å². The summed E-state index contributed by atoms with van der Waals surface area (Å²) < 4.78 is 12.5. The first-order valence-corrected chi connectivity index (χ1v) is 6.71. The molecular formula is C13H14BrN3O3. The van der Waals surface area contributed by atoms with Crippen LogP contribution in [-0.4, -0.2) is 29.2 Å². The van der Waals surface area contributed by atoms with E-state index in [4.69, 9.17) is 15.2 Å². The van der Waals surface area contributed by atoms with E-state index in [2.05, 4.69) is 20.9 Å². The molecule has 1 aromatic heterocycles. The molecule has 106 valence electrons. The van der Waals surface area contributed by atoms with Crippen LogP contribution in [0.25, 0.3) is 5.69 Å². The van der Waals surface area contributed by atoms with Crippen LogP contribution in [0, 0.1) is 0 Å². The third kappa shape index (κ3) is 2.77. The first-order valence-electron chi connectivity index (χ1n) is 5.91. The number of rotatable bonds is 4. The average Bonchev–Trinajstić information content (AvgIpc) is 2.80. The molecule has 7 heteroatoms. The van der Waals surface area contributed by atoms with Gasteiger partial charge in [0.2, 0.25) is 0 Å². The largest absolute Gasteiger partial charge is 0.497 e. The van der Waals surface area contributed by atoms with Gasteiger partial charge in [0, 0.05) is 10.5 Å². The normalized spacial score (nSPS) is 10.3. The number of imidazole rings is 1. The van der Waals surface area contributed by atoms with Gasteiger partial charge in [0.1, 0.15) is 17.9 Å². The van der Waals surface area contributed by atoms with E-state index in [1.165, 1.54) is 6.33 Å².